The summed E-state index contributed by atoms with van der Waals surface area (Å²) in [4.78, 5) is 0. The van der Waals surface area contributed by atoms with Crippen LogP contribution in [0.25, 0.3) is 71.5 Å². The zero-order chi connectivity index (χ0) is 29.0. The van der Waals surface area contributed by atoms with Gasteiger partial charge >= 0.3 is 0 Å². The van der Waals surface area contributed by atoms with Crippen LogP contribution in [0, 0.1) is 0 Å². The Labute approximate surface area is 255 Å². The maximum Gasteiger partial charge on any atom is 0.0620 e. The molecular formula is C42H28N2. The summed E-state index contributed by atoms with van der Waals surface area (Å²) in [5.41, 5.74) is 13.1. The molecule has 9 aromatic rings. The standard InChI is InChI=1S/C42H28N2/c1-3-12-28(13-4-1)30-16-11-17-33(24-30)43-39-23-22-31(25-36(39)29-14-5-2-6-15-29)32-26-37-34-18-7-9-20-40(34)44-41-21-10-8-19-35(41)38(27-32)42(37)44/h1-27,43H. The SMILES string of the molecule is c1ccc(-c2cccc(Nc3ccc(-c4cc5c6ccccc6n6c7ccccc7c(c4)c56)cc3-c3ccccc3)c2)cc1. The van der Waals surface area contributed by atoms with E-state index in [-0.39, 0.29) is 0 Å². The maximum atomic E-state index is 3.75. The fourth-order valence-corrected chi connectivity index (χ4v) is 6.87. The van der Waals surface area contributed by atoms with E-state index in [9.17, 15) is 0 Å². The van der Waals surface area contributed by atoms with Gasteiger partial charge < -0.3 is 9.72 Å². The van der Waals surface area contributed by atoms with Crippen LogP contribution in [0.3, 0.4) is 0 Å². The van der Waals surface area contributed by atoms with Crippen LogP contribution in [0.15, 0.2) is 164 Å². The van der Waals surface area contributed by atoms with Crippen molar-refractivity contribution in [3.8, 4) is 33.4 Å². The van der Waals surface area contributed by atoms with Gasteiger partial charge in [-0.1, -0.05) is 115 Å². The molecule has 0 saturated heterocycles. The second-order valence-electron chi connectivity index (χ2n) is 11.5. The second-order valence-corrected chi connectivity index (χ2v) is 11.5. The average Bonchev–Trinajstić information content (AvgIpc) is 3.61. The molecule has 0 radical (unpaired) electrons. The van der Waals surface area contributed by atoms with Gasteiger partial charge in [-0.2, -0.15) is 0 Å². The Kier molecular flexibility index (Phi) is 5.54. The minimum absolute atomic E-state index is 1.07. The third kappa shape index (κ3) is 3.89. The van der Waals surface area contributed by atoms with E-state index in [1.54, 1.807) is 0 Å². The molecule has 0 aliphatic rings. The molecule has 0 bridgehead atoms. The first-order valence-corrected chi connectivity index (χ1v) is 15.1. The summed E-state index contributed by atoms with van der Waals surface area (Å²) < 4.78 is 2.44. The van der Waals surface area contributed by atoms with E-state index in [4.69, 9.17) is 0 Å². The van der Waals surface area contributed by atoms with E-state index < -0.39 is 0 Å². The summed E-state index contributed by atoms with van der Waals surface area (Å²) in [5, 5.41) is 8.93. The van der Waals surface area contributed by atoms with Crippen molar-refractivity contribution in [1.82, 2.24) is 4.40 Å². The molecule has 2 nitrogen and oxygen atoms in total. The molecule has 2 heterocycles. The van der Waals surface area contributed by atoms with Gasteiger partial charge in [-0.25, -0.2) is 0 Å². The van der Waals surface area contributed by atoms with Gasteiger partial charge in [0.05, 0.1) is 16.6 Å². The Morgan fingerprint density at radius 3 is 1.61 bits per heavy atom. The van der Waals surface area contributed by atoms with Crippen LogP contribution < -0.4 is 5.32 Å². The van der Waals surface area contributed by atoms with Crippen molar-refractivity contribution in [1.29, 1.82) is 0 Å². The smallest absolute Gasteiger partial charge is 0.0620 e. The number of rotatable bonds is 5. The molecule has 0 fully saturated rings. The van der Waals surface area contributed by atoms with Gasteiger partial charge in [-0.05, 0) is 76.3 Å². The highest BCUT2D eigenvalue weighted by atomic mass is 14.9. The van der Waals surface area contributed by atoms with E-state index in [1.807, 2.05) is 0 Å². The molecule has 0 aliphatic carbocycles. The summed E-state index contributed by atoms with van der Waals surface area (Å²) in [6.07, 6.45) is 0. The van der Waals surface area contributed by atoms with E-state index in [2.05, 4.69) is 174 Å². The number of nitrogens with zero attached hydrogens (tertiary/aromatic N) is 1. The van der Waals surface area contributed by atoms with Gasteiger partial charge in [-0.3, -0.25) is 0 Å². The van der Waals surface area contributed by atoms with Crippen molar-refractivity contribution in [2.75, 3.05) is 5.32 Å². The largest absolute Gasteiger partial charge is 0.355 e. The molecule has 7 aromatic carbocycles. The molecular weight excluding hydrogens is 532 g/mol. The van der Waals surface area contributed by atoms with Crippen LogP contribution in [0.4, 0.5) is 11.4 Å². The highest BCUT2D eigenvalue weighted by Crippen LogP contribution is 2.43. The Balaban J connectivity index is 1.22. The molecule has 2 aromatic heterocycles. The van der Waals surface area contributed by atoms with Gasteiger partial charge in [0, 0.05) is 38.5 Å². The van der Waals surface area contributed by atoms with Crippen LogP contribution in [0.2, 0.25) is 0 Å². The summed E-state index contributed by atoms with van der Waals surface area (Å²) in [7, 11) is 0. The van der Waals surface area contributed by atoms with Gasteiger partial charge in [-0.15, -0.1) is 0 Å². The number of nitrogens with one attached hydrogen (secondary N) is 1. The molecule has 0 aliphatic heterocycles. The number of fused-ring (bicyclic) bond motifs is 6. The number of hydrogen-bond donors (Lipinski definition) is 1. The van der Waals surface area contributed by atoms with Gasteiger partial charge in [0.25, 0.3) is 0 Å². The van der Waals surface area contributed by atoms with Crippen LogP contribution in [-0.2, 0) is 0 Å². The quantitative estimate of drug-likeness (QED) is 0.221. The van der Waals surface area contributed by atoms with Crippen molar-refractivity contribution in [2.24, 2.45) is 0 Å². The summed E-state index contributed by atoms with van der Waals surface area (Å²) in [6.45, 7) is 0. The number of para-hydroxylation sites is 2. The van der Waals surface area contributed by atoms with Crippen LogP contribution in [0.1, 0.15) is 0 Å². The number of anilines is 2. The topological polar surface area (TPSA) is 16.4 Å². The van der Waals surface area contributed by atoms with Crippen molar-refractivity contribution >= 4 is 49.5 Å². The Morgan fingerprint density at radius 2 is 0.932 bits per heavy atom. The Morgan fingerprint density at radius 1 is 0.364 bits per heavy atom. The maximum absolute atomic E-state index is 3.75. The van der Waals surface area contributed by atoms with Crippen LogP contribution in [-0.4, -0.2) is 4.40 Å². The first-order chi connectivity index (χ1) is 21.8. The fourth-order valence-electron chi connectivity index (χ4n) is 6.87. The summed E-state index contributed by atoms with van der Waals surface area (Å²) in [5.74, 6) is 0. The monoisotopic (exact) mass is 560 g/mol. The lowest BCUT2D eigenvalue weighted by molar-refractivity contribution is 1.37. The molecule has 0 spiro atoms. The predicted octanol–water partition coefficient (Wildman–Crippen LogP) is 11.6. The van der Waals surface area contributed by atoms with E-state index in [0.29, 0.717) is 0 Å². The molecule has 206 valence electrons. The van der Waals surface area contributed by atoms with Crippen LogP contribution in [0.5, 0.6) is 0 Å². The van der Waals surface area contributed by atoms with Crippen molar-refractivity contribution in [3.05, 3.63) is 164 Å². The van der Waals surface area contributed by atoms with Gasteiger partial charge in [0.15, 0.2) is 0 Å². The Hall–Kier alpha value is -5.86. The number of hydrogen-bond acceptors (Lipinski definition) is 1. The Bertz CT molecular complexity index is 2370. The zero-order valence-corrected chi connectivity index (χ0v) is 24.0. The molecule has 44 heavy (non-hydrogen) atoms. The molecule has 2 heteroatoms. The summed E-state index contributed by atoms with van der Waals surface area (Å²) >= 11 is 0. The minimum Gasteiger partial charge on any atom is -0.355 e. The summed E-state index contributed by atoms with van der Waals surface area (Å²) in [6, 6.07) is 59.0. The normalized spacial score (nSPS) is 11.6. The molecule has 0 amide bonds. The fraction of sp³-hybridized carbons (Fsp3) is 0. The van der Waals surface area contributed by atoms with Crippen LogP contribution >= 0.6 is 0 Å². The number of aromatic nitrogens is 1. The van der Waals surface area contributed by atoms with E-state index in [1.165, 1.54) is 71.5 Å². The molecule has 0 saturated carbocycles. The van der Waals surface area contributed by atoms with Gasteiger partial charge in [0.2, 0.25) is 0 Å². The first-order valence-electron chi connectivity index (χ1n) is 15.1. The third-order valence-corrected chi connectivity index (χ3v) is 8.89. The number of benzene rings is 7. The predicted molar refractivity (Wildman–Crippen MR) is 187 cm³/mol. The lowest BCUT2D eigenvalue weighted by Gasteiger charge is -2.16. The minimum atomic E-state index is 1.07. The highest BCUT2D eigenvalue weighted by Gasteiger charge is 2.19. The second kappa shape index (κ2) is 9.86. The zero-order valence-electron chi connectivity index (χ0n) is 24.0. The molecule has 9 rings (SSSR count). The highest BCUT2D eigenvalue weighted by molar-refractivity contribution is 6.24. The van der Waals surface area contributed by atoms with E-state index >= 15 is 0 Å². The van der Waals surface area contributed by atoms with Crippen molar-refractivity contribution in [3.63, 3.8) is 0 Å². The van der Waals surface area contributed by atoms with Gasteiger partial charge in [0.1, 0.15) is 0 Å². The van der Waals surface area contributed by atoms with Crippen molar-refractivity contribution < 1.29 is 0 Å². The first kappa shape index (κ1) is 24.7. The molecule has 0 unspecified atom stereocenters. The van der Waals surface area contributed by atoms with Crippen molar-refractivity contribution in [2.45, 2.75) is 0 Å². The lowest BCUT2D eigenvalue weighted by atomic mass is 9.95. The lowest BCUT2D eigenvalue weighted by Crippen LogP contribution is -1.95. The molecule has 0 atom stereocenters. The van der Waals surface area contributed by atoms with E-state index in [0.717, 1.165) is 11.4 Å². The third-order valence-electron chi connectivity index (χ3n) is 8.89. The molecule has 1 N–H and O–H groups in total. The average molecular weight is 561 g/mol.